The number of hydrogen-bond donors (Lipinski definition) is 1. The molecule has 1 N–H and O–H groups in total. The van der Waals surface area contributed by atoms with Crippen LogP contribution in [0.2, 0.25) is 0 Å². The summed E-state index contributed by atoms with van der Waals surface area (Å²) in [5.74, 6) is 0.340. The molecule has 8 heteroatoms. The highest BCUT2D eigenvalue weighted by Gasteiger charge is 2.43. The van der Waals surface area contributed by atoms with Gasteiger partial charge in [-0.25, -0.2) is 9.39 Å². The number of carbonyl (C=O) groups is 2. The van der Waals surface area contributed by atoms with Crippen LogP contribution < -0.4 is 15.2 Å². The highest BCUT2D eigenvalue weighted by molar-refractivity contribution is 6.02. The molecule has 8 nitrogen and oxygen atoms in total. The van der Waals surface area contributed by atoms with Crippen LogP contribution in [0.15, 0.2) is 18.2 Å². The maximum atomic E-state index is 13.3. The zero-order chi connectivity index (χ0) is 23.9. The number of rotatable bonds is 3. The molecule has 3 aliphatic heterocycles. The van der Waals surface area contributed by atoms with Gasteiger partial charge in [0.1, 0.15) is 18.7 Å². The van der Waals surface area contributed by atoms with E-state index in [-0.39, 0.29) is 24.1 Å². The zero-order valence-corrected chi connectivity index (χ0v) is 20.8. The number of hydrogen-bond acceptors (Lipinski definition) is 5. The number of nitrogens with zero attached hydrogens (tertiary/aromatic N) is 3. The van der Waals surface area contributed by atoms with Gasteiger partial charge in [0.25, 0.3) is 0 Å². The van der Waals surface area contributed by atoms with Crippen LogP contribution in [0.5, 0.6) is 0 Å². The Labute approximate surface area is 202 Å². The number of ether oxygens (including phenoxy) is 2. The van der Waals surface area contributed by atoms with Gasteiger partial charge in [-0.1, -0.05) is 6.07 Å². The predicted molar refractivity (Wildman–Crippen MR) is 131 cm³/mol. The van der Waals surface area contributed by atoms with Crippen LogP contribution in [0.1, 0.15) is 63.9 Å². The van der Waals surface area contributed by atoms with Crippen molar-refractivity contribution in [3.05, 3.63) is 23.8 Å². The number of anilines is 2. The predicted octanol–water partition coefficient (Wildman–Crippen LogP) is 3.55. The molecule has 2 amide bonds. The number of fused-ring (bicyclic) bond motifs is 1. The van der Waals surface area contributed by atoms with Crippen molar-refractivity contribution in [1.29, 1.82) is 0 Å². The van der Waals surface area contributed by atoms with Crippen LogP contribution in [0.4, 0.5) is 16.2 Å². The van der Waals surface area contributed by atoms with Gasteiger partial charge < -0.3 is 14.4 Å². The summed E-state index contributed by atoms with van der Waals surface area (Å²) < 4.78 is 12.3. The monoisotopic (exact) mass is 471 g/mol. The first-order valence-corrected chi connectivity index (χ1v) is 13.0. The van der Waals surface area contributed by atoms with Gasteiger partial charge in [-0.2, -0.15) is 5.43 Å². The molecule has 1 saturated carbocycles. The number of likely N-dealkylation sites (N-methyl/N-ethyl adjacent to an activating group) is 1. The fraction of sp³-hybridized carbons (Fsp3) is 0.692. The molecule has 0 aromatic heterocycles. The second kappa shape index (κ2) is 9.47. The van der Waals surface area contributed by atoms with Crippen molar-refractivity contribution in [3.63, 3.8) is 0 Å². The summed E-state index contributed by atoms with van der Waals surface area (Å²) in [7, 11) is 2.29. The summed E-state index contributed by atoms with van der Waals surface area (Å²) in [6.45, 7) is 7.60. The normalized spacial score (nSPS) is 30.4. The smallest absolute Gasteiger partial charge is 0.414 e. The van der Waals surface area contributed by atoms with Crippen LogP contribution in [0, 0.1) is 0 Å². The highest BCUT2D eigenvalue weighted by Crippen LogP contribution is 2.40. The van der Waals surface area contributed by atoms with Crippen molar-refractivity contribution in [3.8, 4) is 0 Å². The van der Waals surface area contributed by atoms with E-state index in [4.69, 9.17) is 9.47 Å². The molecule has 1 aromatic rings. The minimum Gasteiger partial charge on any atom is -0.446 e. The van der Waals surface area contributed by atoms with Crippen LogP contribution in [0.25, 0.3) is 0 Å². The van der Waals surface area contributed by atoms with Gasteiger partial charge in [-0.05, 0) is 50.3 Å². The molecule has 2 saturated heterocycles. The fourth-order valence-corrected chi connectivity index (χ4v) is 6.42. The maximum Gasteiger partial charge on any atom is 0.414 e. The fourth-order valence-electron chi connectivity index (χ4n) is 6.42. The van der Waals surface area contributed by atoms with E-state index >= 15 is 0 Å². The molecule has 34 heavy (non-hydrogen) atoms. The van der Waals surface area contributed by atoms with E-state index in [0.29, 0.717) is 18.5 Å². The molecule has 1 aliphatic carbocycles. The van der Waals surface area contributed by atoms with E-state index < -0.39 is 0 Å². The Bertz CT molecular complexity index is 927. The molecular weight excluding hydrogens is 432 g/mol. The Balaban J connectivity index is 1.41. The zero-order valence-electron chi connectivity index (χ0n) is 20.8. The number of benzene rings is 1. The number of carbonyl (C=O) groups excluding carboxylic acids is 2. The molecule has 0 spiro atoms. The van der Waals surface area contributed by atoms with Crippen molar-refractivity contribution in [2.24, 2.45) is 0 Å². The van der Waals surface area contributed by atoms with E-state index in [1.165, 1.54) is 5.56 Å². The third-order valence-electron chi connectivity index (χ3n) is 8.33. The van der Waals surface area contributed by atoms with Gasteiger partial charge in [0.05, 0.1) is 50.1 Å². The molecule has 0 bridgehead atoms. The standard InChI is InChI=1S/C26H39N4O4/c1-18-16-28(26(32)34-23-6-4-5-7-23)25-14-20(8-9-24(25)29(18)19(2)31)21-15-27-30(3,17-21)22-10-12-33-13-11-22/h8-9,14,18,21-23,27H,4-7,10-13,15-17H2,1-3H3/q+1/t18-,21?,30?/m0/s1. The van der Waals surface area contributed by atoms with Crippen molar-refractivity contribution in [2.45, 2.75) is 76.5 Å². The minimum atomic E-state index is -0.285. The molecule has 0 radical (unpaired) electrons. The second-order valence-electron chi connectivity index (χ2n) is 10.7. The SMILES string of the molecule is CC(=O)N1c2ccc(C3CN[N+](C)(C4CCOCC4)C3)cc2N(C(=O)OC2CCCC2)C[C@@H]1C. The third-order valence-corrected chi connectivity index (χ3v) is 8.33. The summed E-state index contributed by atoms with van der Waals surface area (Å²) in [5, 5.41) is 0. The molecule has 3 atom stereocenters. The Hall–Kier alpha value is -2.16. The highest BCUT2D eigenvalue weighted by atomic mass is 16.6. The van der Waals surface area contributed by atoms with Crippen LogP contribution in [-0.2, 0) is 14.3 Å². The molecule has 5 rings (SSSR count). The summed E-state index contributed by atoms with van der Waals surface area (Å²) in [5.41, 5.74) is 6.56. The third kappa shape index (κ3) is 4.43. The van der Waals surface area contributed by atoms with E-state index in [2.05, 4.69) is 24.6 Å². The first-order chi connectivity index (χ1) is 16.4. The number of nitrogens with one attached hydrogen (secondary N) is 1. The molecular formula is C26H39N4O4+. The lowest BCUT2D eigenvalue weighted by Crippen LogP contribution is -2.58. The molecule has 4 aliphatic rings. The summed E-state index contributed by atoms with van der Waals surface area (Å²) in [4.78, 5) is 29.3. The summed E-state index contributed by atoms with van der Waals surface area (Å²) in [6.07, 6.45) is 6.00. The number of amides is 2. The van der Waals surface area contributed by atoms with Crippen LogP contribution in [-0.4, -0.2) is 74.7 Å². The Kier molecular flexibility index (Phi) is 6.57. The first kappa shape index (κ1) is 23.6. The van der Waals surface area contributed by atoms with Crippen LogP contribution in [0.3, 0.4) is 0 Å². The molecule has 1 aromatic carbocycles. The lowest BCUT2D eigenvalue weighted by molar-refractivity contribution is -0.964. The van der Waals surface area contributed by atoms with Crippen molar-refractivity contribution in [1.82, 2.24) is 5.43 Å². The van der Waals surface area contributed by atoms with Gasteiger partial charge in [-0.3, -0.25) is 9.69 Å². The largest absolute Gasteiger partial charge is 0.446 e. The Morgan fingerprint density at radius 2 is 1.85 bits per heavy atom. The maximum absolute atomic E-state index is 13.3. The second-order valence-corrected chi connectivity index (χ2v) is 10.7. The van der Waals surface area contributed by atoms with E-state index in [9.17, 15) is 9.59 Å². The van der Waals surface area contributed by atoms with Gasteiger partial charge in [0.2, 0.25) is 5.91 Å². The molecule has 186 valence electrons. The quantitative estimate of drug-likeness (QED) is 0.683. The van der Waals surface area contributed by atoms with Gasteiger partial charge in [-0.15, -0.1) is 0 Å². The Morgan fingerprint density at radius 1 is 1.12 bits per heavy atom. The number of quaternary nitrogens is 1. The minimum absolute atomic E-state index is 0.00315. The lowest BCUT2D eigenvalue weighted by Gasteiger charge is -2.41. The van der Waals surface area contributed by atoms with Gasteiger partial charge in [0.15, 0.2) is 0 Å². The van der Waals surface area contributed by atoms with Crippen molar-refractivity contribution in [2.75, 3.05) is 49.7 Å². The average molecular weight is 472 g/mol. The van der Waals surface area contributed by atoms with Crippen molar-refractivity contribution >= 4 is 23.4 Å². The first-order valence-electron chi connectivity index (χ1n) is 13.0. The molecule has 3 fully saturated rings. The van der Waals surface area contributed by atoms with Crippen molar-refractivity contribution < 1.29 is 23.7 Å². The van der Waals surface area contributed by atoms with Gasteiger partial charge >= 0.3 is 6.09 Å². The average Bonchev–Trinajstić information content (AvgIpc) is 3.49. The van der Waals surface area contributed by atoms with Crippen LogP contribution >= 0.6 is 0 Å². The molecule has 2 unspecified atom stereocenters. The van der Waals surface area contributed by atoms with E-state index in [0.717, 1.165) is 80.8 Å². The van der Waals surface area contributed by atoms with E-state index in [1.54, 1.807) is 11.8 Å². The van der Waals surface area contributed by atoms with Gasteiger partial charge in [0, 0.05) is 26.3 Å². The summed E-state index contributed by atoms with van der Waals surface area (Å²) in [6, 6.07) is 6.74. The lowest BCUT2D eigenvalue weighted by atomic mass is 9.96. The van der Waals surface area contributed by atoms with E-state index in [1.807, 2.05) is 17.9 Å². The summed E-state index contributed by atoms with van der Waals surface area (Å²) >= 11 is 0. The Morgan fingerprint density at radius 3 is 2.56 bits per heavy atom. The topological polar surface area (TPSA) is 71.1 Å². The molecule has 3 heterocycles.